The van der Waals surface area contributed by atoms with Crippen LogP contribution in [0.15, 0.2) is 28.3 Å². The van der Waals surface area contributed by atoms with E-state index in [1.165, 1.54) is 22.2 Å². The smallest absolute Gasteiger partial charge is 0.331 e. The minimum atomic E-state index is -1.14. The van der Waals surface area contributed by atoms with Crippen LogP contribution in [0.4, 0.5) is 4.79 Å². The van der Waals surface area contributed by atoms with Crippen molar-refractivity contribution in [1.29, 1.82) is 0 Å². The van der Waals surface area contributed by atoms with Crippen molar-refractivity contribution in [2.75, 3.05) is 0 Å². The summed E-state index contributed by atoms with van der Waals surface area (Å²) < 4.78 is 2.43. The van der Waals surface area contributed by atoms with Crippen molar-refractivity contribution in [2.24, 2.45) is 7.05 Å². The molecular formula is C12H13BrN4O3S. The number of thiophene rings is 1. The summed E-state index contributed by atoms with van der Waals surface area (Å²) in [6.07, 6.45) is 2.96. The normalized spacial score (nSPS) is 11.9. The molecule has 3 N–H and O–H groups in total. The summed E-state index contributed by atoms with van der Waals surface area (Å²) >= 11 is 4.82. The lowest BCUT2D eigenvalue weighted by atomic mass is 10.1. The van der Waals surface area contributed by atoms with E-state index < -0.39 is 18.0 Å². The zero-order chi connectivity index (χ0) is 15.4. The van der Waals surface area contributed by atoms with Gasteiger partial charge < -0.3 is 15.7 Å². The SMILES string of the molecule is Cn1cc(C(NC(=O)NCc2cc(Br)cs2)C(=O)O)cn1. The predicted octanol–water partition coefficient (Wildman–Crippen LogP) is 1.87. The van der Waals surface area contributed by atoms with Gasteiger partial charge in [0.25, 0.3) is 0 Å². The Kier molecular flexibility index (Phi) is 4.97. The average Bonchev–Trinajstić information content (AvgIpc) is 3.02. The first-order valence-corrected chi connectivity index (χ1v) is 7.61. The van der Waals surface area contributed by atoms with Crippen molar-refractivity contribution in [3.63, 3.8) is 0 Å². The molecule has 0 fully saturated rings. The molecule has 1 unspecified atom stereocenters. The van der Waals surface area contributed by atoms with Crippen LogP contribution in [-0.4, -0.2) is 26.9 Å². The Balaban J connectivity index is 1.94. The van der Waals surface area contributed by atoms with Gasteiger partial charge in [-0.15, -0.1) is 11.3 Å². The van der Waals surface area contributed by atoms with Gasteiger partial charge in [-0.25, -0.2) is 9.59 Å². The molecule has 2 aromatic rings. The fraction of sp³-hybridized carbons (Fsp3) is 0.250. The van der Waals surface area contributed by atoms with Crippen LogP contribution in [0.5, 0.6) is 0 Å². The molecule has 0 saturated heterocycles. The maximum atomic E-state index is 11.8. The molecule has 0 aliphatic rings. The largest absolute Gasteiger partial charge is 0.479 e. The number of aryl methyl sites for hydroxylation is 1. The number of hydrogen-bond acceptors (Lipinski definition) is 4. The van der Waals surface area contributed by atoms with E-state index in [2.05, 4.69) is 31.7 Å². The third-order valence-electron chi connectivity index (χ3n) is 2.63. The Morgan fingerprint density at radius 2 is 2.33 bits per heavy atom. The number of carboxylic acid groups (broad SMARTS) is 1. The first-order valence-electron chi connectivity index (χ1n) is 5.94. The van der Waals surface area contributed by atoms with Crippen LogP contribution in [0.1, 0.15) is 16.5 Å². The molecule has 7 nitrogen and oxygen atoms in total. The molecule has 0 saturated carbocycles. The first-order chi connectivity index (χ1) is 9.95. The Bertz CT molecular complexity index is 654. The summed E-state index contributed by atoms with van der Waals surface area (Å²) in [6, 6.07) is 0.213. The molecule has 0 bridgehead atoms. The number of nitrogens with one attached hydrogen (secondary N) is 2. The van der Waals surface area contributed by atoms with Crippen molar-refractivity contribution in [3.05, 3.63) is 38.8 Å². The number of aromatic nitrogens is 2. The fourth-order valence-electron chi connectivity index (χ4n) is 1.67. The summed E-state index contributed by atoms with van der Waals surface area (Å²) in [6.45, 7) is 0.335. The lowest BCUT2D eigenvalue weighted by molar-refractivity contribution is -0.139. The van der Waals surface area contributed by atoms with Crippen LogP contribution < -0.4 is 10.6 Å². The molecule has 1 atom stereocenters. The summed E-state index contributed by atoms with van der Waals surface area (Å²) in [5.74, 6) is -1.14. The van der Waals surface area contributed by atoms with E-state index >= 15 is 0 Å². The number of rotatable bonds is 5. The molecular weight excluding hydrogens is 360 g/mol. The highest BCUT2D eigenvalue weighted by molar-refractivity contribution is 9.10. The van der Waals surface area contributed by atoms with Crippen LogP contribution in [0.2, 0.25) is 0 Å². The molecule has 0 aliphatic heterocycles. The summed E-state index contributed by atoms with van der Waals surface area (Å²) in [7, 11) is 1.68. The van der Waals surface area contributed by atoms with Crippen LogP contribution in [0.25, 0.3) is 0 Å². The Hall–Kier alpha value is -1.87. The second-order valence-electron chi connectivity index (χ2n) is 4.28. The molecule has 9 heteroatoms. The third-order valence-corrected chi connectivity index (χ3v) is 4.32. The van der Waals surface area contributed by atoms with Gasteiger partial charge in [-0.3, -0.25) is 4.68 Å². The van der Waals surface area contributed by atoms with Gasteiger partial charge in [0.1, 0.15) is 0 Å². The van der Waals surface area contributed by atoms with Crippen molar-refractivity contribution in [1.82, 2.24) is 20.4 Å². The first kappa shape index (κ1) is 15.5. The molecule has 2 heterocycles. The summed E-state index contributed by atoms with van der Waals surface area (Å²) in [5.41, 5.74) is 0.416. The highest BCUT2D eigenvalue weighted by atomic mass is 79.9. The zero-order valence-corrected chi connectivity index (χ0v) is 13.4. The van der Waals surface area contributed by atoms with Gasteiger partial charge in [0.15, 0.2) is 6.04 Å². The van der Waals surface area contributed by atoms with Gasteiger partial charge in [-0.2, -0.15) is 5.10 Å². The highest BCUT2D eigenvalue weighted by Crippen LogP contribution is 2.19. The van der Waals surface area contributed by atoms with E-state index in [1.54, 1.807) is 13.2 Å². The zero-order valence-electron chi connectivity index (χ0n) is 11.0. The predicted molar refractivity (Wildman–Crippen MR) is 81.0 cm³/mol. The van der Waals surface area contributed by atoms with E-state index in [0.717, 1.165) is 9.35 Å². The molecule has 0 aliphatic carbocycles. The minimum absolute atomic E-state index is 0.335. The maximum absolute atomic E-state index is 11.8. The van der Waals surface area contributed by atoms with Crippen LogP contribution in [0, 0.1) is 0 Å². The van der Waals surface area contributed by atoms with Crippen molar-refractivity contribution in [3.8, 4) is 0 Å². The van der Waals surface area contributed by atoms with Crippen molar-refractivity contribution >= 4 is 39.3 Å². The van der Waals surface area contributed by atoms with Crippen LogP contribution in [-0.2, 0) is 18.4 Å². The number of carbonyl (C=O) groups is 2. The third kappa shape index (κ3) is 4.30. The highest BCUT2D eigenvalue weighted by Gasteiger charge is 2.23. The number of carboxylic acids is 1. The van der Waals surface area contributed by atoms with E-state index in [9.17, 15) is 14.7 Å². The summed E-state index contributed by atoms with van der Waals surface area (Å²) in [5, 5.41) is 20.0. The van der Waals surface area contributed by atoms with Crippen LogP contribution in [0.3, 0.4) is 0 Å². The molecule has 0 spiro atoms. The number of amides is 2. The number of halogens is 1. The van der Waals surface area contributed by atoms with Gasteiger partial charge >= 0.3 is 12.0 Å². The Morgan fingerprint density at radius 3 is 2.86 bits per heavy atom. The molecule has 21 heavy (non-hydrogen) atoms. The average molecular weight is 373 g/mol. The van der Waals surface area contributed by atoms with Gasteiger partial charge in [-0.05, 0) is 22.0 Å². The molecule has 112 valence electrons. The maximum Gasteiger partial charge on any atom is 0.331 e. The van der Waals surface area contributed by atoms with E-state index in [0.29, 0.717) is 12.1 Å². The van der Waals surface area contributed by atoms with Gasteiger partial charge in [0, 0.05) is 33.5 Å². The van der Waals surface area contributed by atoms with Crippen LogP contribution >= 0.6 is 27.3 Å². The van der Waals surface area contributed by atoms with E-state index in [-0.39, 0.29) is 0 Å². The lowest BCUT2D eigenvalue weighted by Gasteiger charge is -2.13. The van der Waals surface area contributed by atoms with Gasteiger partial charge in [0.05, 0.1) is 12.7 Å². The topological polar surface area (TPSA) is 96.2 Å². The molecule has 2 rings (SSSR count). The monoisotopic (exact) mass is 372 g/mol. The number of urea groups is 1. The second-order valence-corrected chi connectivity index (χ2v) is 6.19. The van der Waals surface area contributed by atoms with Gasteiger partial charge in [0.2, 0.25) is 0 Å². The molecule has 0 radical (unpaired) electrons. The number of hydrogen-bond donors (Lipinski definition) is 3. The quantitative estimate of drug-likeness (QED) is 0.746. The molecule has 2 amide bonds. The number of carbonyl (C=O) groups excluding carboxylic acids is 1. The number of nitrogens with zero attached hydrogens (tertiary/aromatic N) is 2. The Labute approximate surface area is 133 Å². The number of aliphatic carboxylic acids is 1. The van der Waals surface area contributed by atoms with E-state index in [1.807, 2.05) is 11.4 Å². The molecule has 2 aromatic heterocycles. The standard InChI is InChI=1S/C12H13BrN4O3S/c1-17-5-7(3-15-17)10(11(18)19)16-12(20)14-4-9-2-8(13)6-21-9/h2-3,5-6,10H,4H2,1H3,(H,18,19)(H2,14,16,20). The second kappa shape index (κ2) is 6.72. The fourth-order valence-corrected chi connectivity index (χ4v) is 3.06. The van der Waals surface area contributed by atoms with E-state index in [4.69, 9.17) is 0 Å². The van der Waals surface area contributed by atoms with Crippen molar-refractivity contribution < 1.29 is 14.7 Å². The van der Waals surface area contributed by atoms with Crippen molar-refractivity contribution in [2.45, 2.75) is 12.6 Å². The van der Waals surface area contributed by atoms with Gasteiger partial charge in [-0.1, -0.05) is 0 Å². The molecule has 0 aromatic carbocycles. The Morgan fingerprint density at radius 1 is 1.57 bits per heavy atom. The summed E-state index contributed by atoms with van der Waals surface area (Å²) in [4.78, 5) is 24.0. The lowest BCUT2D eigenvalue weighted by Crippen LogP contribution is -2.40. The minimum Gasteiger partial charge on any atom is -0.479 e.